The number of nitrogens with zero attached hydrogens (tertiary/aromatic N) is 1. The number of carbonyl (C=O) groups is 1. The summed E-state index contributed by atoms with van der Waals surface area (Å²) in [6.45, 7) is 0. The number of nitro benzene ring substituents is 1. The van der Waals surface area contributed by atoms with E-state index in [0.717, 1.165) is 12.1 Å². The van der Waals surface area contributed by atoms with Gasteiger partial charge in [-0.15, -0.1) is 11.6 Å². The second-order valence-corrected chi connectivity index (χ2v) is 3.43. The molecule has 0 heterocycles. The van der Waals surface area contributed by atoms with Crippen LogP contribution in [0.4, 0.5) is 24.5 Å². The summed E-state index contributed by atoms with van der Waals surface area (Å²) < 4.78 is 37.9. The standard InChI is InChI=1S/C9H6ClF3N2O3/c10-4-8(16)14-7-2-1-5(15(17)18)3-6(7)9(11,12)13/h1-3H,4H2,(H,14,16). The number of hydrogen-bond donors (Lipinski definition) is 1. The van der Waals surface area contributed by atoms with E-state index in [1.165, 1.54) is 0 Å². The number of halogens is 4. The SMILES string of the molecule is O=C(CCl)Nc1ccc([N+](=O)[O-])cc1C(F)(F)F. The lowest BCUT2D eigenvalue weighted by Gasteiger charge is -2.12. The van der Waals surface area contributed by atoms with E-state index in [2.05, 4.69) is 0 Å². The molecule has 0 spiro atoms. The summed E-state index contributed by atoms with van der Waals surface area (Å²) in [6, 6.07) is 2.02. The molecule has 0 fully saturated rings. The fraction of sp³-hybridized carbons (Fsp3) is 0.222. The Bertz CT molecular complexity index is 490. The van der Waals surface area contributed by atoms with Crippen LogP contribution in [0.15, 0.2) is 18.2 Å². The molecule has 1 rings (SSSR count). The molecule has 5 nitrogen and oxygen atoms in total. The largest absolute Gasteiger partial charge is 0.418 e. The summed E-state index contributed by atoms with van der Waals surface area (Å²) in [5.74, 6) is -1.36. The second-order valence-electron chi connectivity index (χ2n) is 3.17. The van der Waals surface area contributed by atoms with Gasteiger partial charge < -0.3 is 5.32 Å². The van der Waals surface area contributed by atoms with Gasteiger partial charge in [0.25, 0.3) is 5.69 Å². The Morgan fingerprint density at radius 2 is 2.06 bits per heavy atom. The van der Waals surface area contributed by atoms with Crippen molar-refractivity contribution in [2.45, 2.75) is 6.18 Å². The van der Waals surface area contributed by atoms with Gasteiger partial charge in [-0.1, -0.05) is 0 Å². The molecule has 18 heavy (non-hydrogen) atoms. The molecule has 9 heteroatoms. The van der Waals surface area contributed by atoms with E-state index < -0.39 is 39.8 Å². The van der Waals surface area contributed by atoms with Crippen molar-refractivity contribution in [2.24, 2.45) is 0 Å². The van der Waals surface area contributed by atoms with Crippen molar-refractivity contribution in [1.29, 1.82) is 0 Å². The fourth-order valence-corrected chi connectivity index (χ4v) is 1.24. The van der Waals surface area contributed by atoms with Crippen LogP contribution in [-0.2, 0) is 11.0 Å². The molecule has 1 aromatic rings. The van der Waals surface area contributed by atoms with Gasteiger partial charge in [-0.3, -0.25) is 14.9 Å². The smallest absolute Gasteiger partial charge is 0.324 e. The predicted octanol–water partition coefficient (Wildman–Crippen LogP) is 2.79. The molecule has 1 aromatic carbocycles. The second kappa shape index (κ2) is 5.21. The Hall–Kier alpha value is -1.83. The first-order valence-electron chi connectivity index (χ1n) is 4.47. The van der Waals surface area contributed by atoms with Crippen molar-refractivity contribution in [2.75, 3.05) is 11.2 Å². The zero-order valence-corrected chi connectivity index (χ0v) is 9.38. The number of non-ortho nitro benzene ring substituents is 1. The Labute approximate surface area is 104 Å². The van der Waals surface area contributed by atoms with Crippen LogP contribution in [0.2, 0.25) is 0 Å². The summed E-state index contributed by atoms with van der Waals surface area (Å²) in [4.78, 5) is 20.4. The van der Waals surface area contributed by atoms with Crippen molar-refractivity contribution in [3.05, 3.63) is 33.9 Å². The minimum atomic E-state index is -4.82. The summed E-state index contributed by atoms with van der Waals surface area (Å²) in [7, 11) is 0. The summed E-state index contributed by atoms with van der Waals surface area (Å²) in [6.07, 6.45) is -4.82. The van der Waals surface area contributed by atoms with E-state index in [1.54, 1.807) is 0 Å². The van der Waals surface area contributed by atoms with Gasteiger partial charge in [0.1, 0.15) is 5.88 Å². The highest BCUT2D eigenvalue weighted by atomic mass is 35.5. The van der Waals surface area contributed by atoms with E-state index in [4.69, 9.17) is 11.6 Å². The van der Waals surface area contributed by atoms with Crippen LogP contribution >= 0.6 is 11.6 Å². The Morgan fingerprint density at radius 1 is 1.44 bits per heavy atom. The molecule has 0 radical (unpaired) electrons. The van der Waals surface area contributed by atoms with E-state index in [9.17, 15) is 28.1 Å². The quantitative estimate of drug-likeness (QED) is 0.526. The van der Waals surface area contributed by atoms with Crippen molar-refractivity contribution < 1.29 is 22.9 Å². The lowest BCUT2D eigenvalue weighted by atomic mass is 10.1. The molecule has 0 aliphatic carbocycles. The maximum absolute atomic E-state index is 12.6. The monoisotopic (exact) mass is 282 g/mol. The van der Waals surface area contributed by atoms with Crippen LogP contribution in [0.5, 0.6) is 0 Å². The lowest BCUT2D eigenvalue weighted by molar-refractivity contribution is -0.385. The normalized spacial score (nSPS) is 11.1. The molecule has 0 bridgehead atoms. The van der Waals surface area contributed by atoms with Crippen molar-refractivity contribution in [3.63, 3.8) is 0 Å². The first-order valence-corrected chi connectivity index (χ1v) is 5.00. The van der Waals surface area contributed by atoms with Crippen molar-refractivity contribution >= 4 is 28.9 Å². The zero-order valence-electron chi connectivity index (χ0n) is 8.62. The van der Waals surface area contributed by atoms with Crippen LogP contribution in [-0.4, -0.2) is 16.7 Å². The summed E-state index contributed by atoms with van der Waals surface area (Å²) in [5, 5.41) is 12.3. The minimum absolute atomic E-state index is 0.351. The van der Waals surface area contributed by atoms with Gasteiger partial charge in [-0.05, 0) is 6.07 Å². The minimum Gasteiger partial charge on any atom is -0.324 e. The molecule has 1 amide bonds. The van der Waals surface area contributed by atoms with Crippen molar-refractivity contribution in [1.82, 2.24) is 0 Å². The number of alkyl halides is 4. The third kappa shape index (κ3) is 3.33. The summed E-state index contributed by atoms with van der Waals surface area (Å²) in [5.41, 5.74) is -2.58. The fourth-order valence-electron chi connectivity index (χ4n) is 1.17. The van der Waals surface area contributed by atoms with Gasteiger partial charge >= 0.3 is 6.18 Å². The Morgan fingerprint density at radius 3 is 2.50 bits per heavy atom. The molecule has 0 atom stereocenters. The third-order valence-electron chi connectivity index (χ3n) is 1.91. The number of rotatable bonds is 3. The van der Waals surface area contributed by atoms with Crippen LogP contribution in [0, 0.1) is 10.1 Å². The van der Waals surface area contributed by atoms with Gasteiger partial charge in [-0.2, -0.15) is 13.2 Å². The van der Waals surface area contributed by atoms with Crippen LogP contribution in [0.25, 0.3) is 0 Å². The molecule has 0 aromatic heterocycles. The number of hydrogen-bond acceptors (Lipinski definition) is 3. The topological polar surface area (TPSA) is 72.2 Å². The summed E-state index contributed by atoms with van der Waals surface area (Å²) >= 11 is 5.15. The highest BCUT2D eigenvalue weighted by molar-refractivity contribution is 6.29. The van der Waals surface area contributed by atoms with Crippen LogP contribution in [0.1, 0.15) is 5.56 Å². The van der Waals surface area contributed by atoms with Crippen LogP contribution in [0.3, 0.4) is 0 Å². The molecule has 98 valence electrons. The first kappa shape index (κ1) is 14.2. The van der Waals surface area contributed by atoms with Gasteiger partial charge in [0.05, 0.1) is 16.2 Å². The lowest BCUT2D eigenvalue weighted by Crippen LogP contribution is -2.17. The Kier molecular flexibility index (Phi) is 4.12. The maximum Gasteiger partial charge on any atom is 0.418 e. The average molecular weight is 283 g/mol. The van der Waals surface area contributed by atoms with Crippen LogP contribution < -0.4 is 5.32 Å². The molecule has 0 unspecified atom stereocenters. The third-order valence-corrected chi connectivity index (χ3v) is 2.16. The molecule has 0 aliphatic rings. The zero-order chi connectivity index (χ0) is 13.9. The van der Waals surface area contributed by atoms with E-state index in [1.807, 2.05) is 5.32 Å². The molecule has 0 saturated carbocycles. The molecular formula is C9H6ClF3N2O3. The molecular weight excluding hydrogens is 277 g/mol. The molecule has 0 saturated heterocycles. The molecule has 0 aliphatic heterocycles. The van der Waals surface area contributed by atoms with Gasteiger partial charge in [0.2, 0.25) is 5.91 Å². The average Bonchev–Trinajstić information content (AvgIpc) is 2.27. The van der Waals surface area contributed by atoms with Crippen molar-refractivity contribution in [3.8, 4) is 0 Å². The number of nitro groups is 1. The number of nitrogens with one attached hydrogen (secondary N) is 1. The Balaban J connectivity index is 3.26. The number of anilines is 1. The molecule has 1 N–H and O–H groups in total. The van der Waals surface area contributed by atoms with E-state index >= 15 is 0 Å². The maximum atomic E-state index is 12.6. The van der Waals surface area contributed by atoms with E-state index in [0.29, 0.717) is 6.07 Å². The van der Waals surface area contributed by atoms with Gasteiger partial charge in [-0.25, -0.2) is 0 Å². The van der Waals surface area contributed by atoms with Gasteiger partial charge in [0.15, 0.2) is 0 Å². The first-order chi connectivity index (χ1) is 8.25. The highest BCUT2D eigenvalue weighted by Crippen LogP contribution is 2.37. The van der Waals surface area contributed by atoms with Gasteiger partial charge in [0, 0.05) is 12.1 Å². The van der Waals surface area contributed by atoms with E-state index in [-0.39, 0.29) is 0 Å². The number of carbonyl (C=O) groups excluding carboxylic acids is 1. The highest BCUT2D eigenvalue weighted by Gasteiger charge is 2.35. The number of benzene rings is 1. The number of amides is 1. The predicted molar refractivity (Wildman–Crippen MR) is 57.4 cm³/mol.